The minimum atomic E-state index is -0.693. The van der Waals surface area contributed by atoms with Crippen LogP contribution in [0.1, 0.15) is 27.7 Å². The molecule has 0 saturated carbocycles. The Morgan fingerprint density at radius 1 is 1.10 bits per heavy atom. The first-order chi connectivity index (χ1) is 9.81. The Bertz CT molecular complexity index is 463. The van der Waals surface area contributed by atoms with Gasteiger partial charge in [0.2, 0.25) is 0 Å². The third kappa shape index (κ3) is 2.88. The number of hydrogen-bond acceptors (Lipinski definition) is 6. The molecule has 8 nitrogen and oxygen atoms in total. The van der Waals surface area contributed by atoms with Crippen LogP contribution in [0.15, 0.2) is 5.11 Å². The minimum Gasteiger partial charge on any atom is -0.348 e. The highest BCUT2D eigenvalue weighted by atomic mass is 16.8. The molecule has 3 heterocycles. The first-order valence-electron chi connectivity index (χ1n) is 7.15. The van der Waals surface area contributed by atoms with Gasteiger partial charge < -0.3 is 23.7 Å². The molecule has 0 aromatic carbocycles. The Labute approximate surface area is 123 Å². The van der Waals surface area contributed by atoms with Gasteiger partial charge in [-0.05, 0) is 33.2 Å². The fourth-order valence-electron chi connectivity index (χ4n) is 3.17. The van der Waals surface area contributed by atoms with Crippen LogP contribution in [0.25, 0.3) is 10.4 Å². The Kier molecular flexibility index (Phi) is 3.64. The molecule has 3 fully saturated rings. The molecule has 0 N–H and O–H groups in total. The lowest BCUT2D eigenvalue weighted by atomic mass is 9.95. The first kappa shape index (κ1) is 15.0. The molecule has 3 rings (SSSR count). The van der Waals surface area contributed by atoms with E-state index in [9.17, 15) is 0 Å². The molecule has 21 heavy (non-hydrogen) atoms. The smallest absolute Gasteiger partial charge is 0.187 e. The van der Waals surface area contributed by atoms with Gasteiger partial charge in [0, 0.05) is 17.4 Å². The number of ether oxygens (including phenoxy) is 5. The van der Waals surface area contributed by atoms with Crippen LogP contribution in [0.3, 0.4) is 0 Å². The highest BCUT2D eigenvalue weighted by Crippen LogP contribution is 2.43. The normalized spacial score (nSPS) is 43.5. The van der Waals surface area contributed by atoms with E-state index in [2.05, 4.69) is 10.0 Å². The second-order valence-electron chi connectivity index (χ2n) is 6.51. The molecule has 0 bridgehead atoms. The first-order valence-corrected chi connectivity index (χ1v) is 7.15. The van der Waals surface area contributed by atoms with Crippen molar-refractivity contribution in [3.63, 3.8) is 0 Å². The summed E-state index contributed by atoms with van der Waals surface area (Å²) in [5, 5.41) is 3.69. The molecule has 0 aliphatic carbocycles. The van der Waals surface area contributed by atoms with Crippen LogP contribution in [0.2, 0.25) is 0 Å². The van der Waals surface area contributed by atoms with Crippen LogP contribution in [0.4, 0.5) is 0 Å². The predicted octanol–water partition coefficient (Wildman–Crippen LogP) is 1.94. The quantitative estimate of drug-likeness (QED) is 0.451. The van der Waals surface area contributed by atoms with Gasteiger partial charge in [-0.2, -0.15) is 0 Å². The zero-order valence-electron chi connectivity index (χ0n) is 12.7. The van der Waals surface area contributed by atoms with Crippen LogP contribution in [-0.4, -0.2) is 49.3 Å². The van der Waals surface area contributed by atoms with E-state index < -0.39 is 17.9 Å². The maximum absolute atomic E-state index is 8.59. The second kappa shape index (κ2) is 5.08. The van der Waals surface area contributed by atoms with Crippen LogP contribution in [-0.2, 0) is 23.7 Å². The maximum atomic E-state index is 8.59. The summed E-state index contributed by atoms with van der Waals surface area (Å²) in [4.78, 5) is 2.84. The third-order valence-corrected chi connectivity index (χ3v) is 3.98. The van der Waals surface area contributed by atoms with E-state index in [4.69, 9.17) is 29.2 Å². The zero-order chi connectivity index (χ0) is 15.3. The molecule has 118 valence electrons. The third-order valence-electron chi connectivity index (χ3n) is 3.98. The molecular weight excluding hydrogens is 278 g/mol. The van der Waals surface area contributed by atoms with Crippen LogP contribution < -0.4 is 0 Å². The molecule has 5 atom stereocenters. The molecular formula is C13H21N3O5. The van der Waals surface area contributed by atoms with E-state index in [1.807, 2.05) is 27.7 Å². The summed E-state index contributed by atoms with van der Waals surface area (Å²) in [5.74, 6) is -1.44. The van der Waals surface area contributed by atoms with Crippen molar-refractivity contribution >= 4 is 0 Å². The minimum absolute atomic E-state index is 0.116. The summed E-state index contributed by atoms with van der Waals surface area (Å²) in [6.45, 7) is 8.12. The lowest BCUT2D eigenvalue weighted by Gasteiger charge is -2.28. The van der Waals surface area contributed by atoms with Gasteiger partial charge in [-0.3, -0.25) is 0 Å². The number of nitrogens with zero attached hydrogens (tertiary/aromatic N) is 3. The molecule has 2 unspecified atom stereocenters. The molecule has 0 aromatic heterocycles. The maximum Gasteiger partial charge on any atom is 0.187 e. The molecule has 8 heteroatoms. The van der Waals surface area contributed by atoms with Crippen molar-refractivity contribution in [1.82, 2.24) is 0 Å². The van der Waals surface area contributed by atoms with Gasteiger partial charge in [0.15, 0.2) is 17.9 Å². The van der Waals surface area contributed by atoms with Gasteiger partial charge in [-0.15, -0.1) is 0 Å². The summed E-state index contributed by atoms with van der Waals surface area (Å²) >= 11 is 0. The van der Waals surface area contributed by atoms with E-state index in [0.717, 1.165) is 0 Å². The van der Waals surface area contributed by atoms with Crippen molar-refractivity contribution in [1.29, 1.82) is 0 Å². The summed E-state index contributed by atoms with van der Waals surface area (Å²) < 4.78 is 29.1. The summed E-state index contributed by atoms with van der Waals surface area (Å²) in [5.41, 5.74) is 8.59. The van der Waals surface area contributed by atoms with Crippen LogP contribution in [0.5, 0.6) is 0 Å². The molecule has 3 aliphatic heterocycles. The zero-order valence-corrected chi connectivity index (χ0v) is 12.7. The van der Waals surface area contributed by atoms with E-state index >= 15 is 0 Å². The lowest BCUT2D eigenvalue weighted by molar-refractivity contribution is -0.226. The average Bonchev–Trinajstić information content (AvgIpc) is 2.96. The van der Waals surface area contributed by atoms with Crippen molar-refractivity contribution in [2.45, 2.75) is 63.9 Å². The van der Waals surface area contributed by atoms with Gasteiger partial charge in [0.05, 0.1) is 12.7 Å². The number of hydrogen-bond donors (Lipinski definition) is 0. The van der Waals surface area contributed by atoms with E-state index in [-0.39, 0.29) is 30.8 Å². The topological polar surface area (TPSA) is 94.9 Å². The Hall–Kier alpha value is -0.890. The fraction of sp³-hybridized carbons (Fsp3) is 1.00. The molecule has 0 spiro atoms. The van der Waals surface area contributed by atoms with Gasteiger partial charge in [-0.1, -0.05) is 5.11 Å². The average molecular weight is 299 g/mol. The second-order valence-corrected chi connectivity index (χ2v) is 6.51. The largest absolute Gasteiger partial charge is 0.348 e. The number of rotatable bonds is 3. The Morgan fingerprint density at radius 3 is 2.48 bits per heavy atom. The molecule has 3 saturated heterocycles. The lowest BCUT2D eigenvalue weighted by Crippen LogP contribution is -2.40. The summed E-state index contributed by atoms with van der Waals surface area (Å²) in [6, 6.07) is 0. The van der Waals surface area contributed by atoms with Crippen molar-refractivity contribution in [3.05, 3.63) is 10.4 Å². The van der Waals surface area contributed by atoms with Crippen molar-refractivity contribution in [2.24, 2.45) is 11.0 Å². The Morgan fingerprint density at radius 2 is 1.86 bits per heavy atom. The molecule has 3 aliphatic rings. The predicted molar refractivity (Wildman–Crippen MR) is 71.1 cm³/mol. The molecule has 0 radical (unpaired) electrons. The van der Waals surface area contributed by atoms with Crippen LogP contribution in [0, 0.1) is 5.92 Å². The SMILES string of the molecule is CC1(C)OCC([C@H]2OC3OC(C)(C)O[C@@H]3[C@H]2CN=[N+]=[N-])O1. The van der Waals surface area contributed by atoms with E-state index in [1.54, 1.807) is 0 Å². The summed E-state index contributed by atoms with van der Waals surface area (Å²) in [6.07, 6.45) is -1.22. The Balaban J connectivity index is 1.76. The molecule has 0 aromatic rings. The fourth-order valence-corrected chi connectivity index (χ4v) is 3.17. The molecule has 0 amide bonds. The number of fused-ring (bicyclic) bond motifs is 1. The van der Waals surface area contributed by atoms with Gasteiger partial charge in [-0.25, -0.2) is 0 Å². The van der Waals surface area contributed by atoms with Crippen LogP contribution >= 0.6 is 0 Å². The summed E-state index contributed by atoms with van der Waals surface area (Å²) in [7, 11) is 0. The van der Waals surface area contributed by atoms with E-state index in [1.165, 1.54) is 0 Å². The highest BCUT2D eigenvalue weighted by Gasteiger charge is 2.57. The standard InChI is InChI=1S/C13H21N3O5/c1-12(2)17-6-8(19-12)9-7(5-15-16-14)10-11(18-9)21-13(3,4)20-10/h7-11H,5-6H2,1-4H3/t7-,8?,9-,10+,11?/m0/s1. The van der Waals surface area contributed by atoms with Crippen molar-refractivity contribution < 1.29 is 23.7 Å². The highest BCUT2D eigenvalue weighted by molar-refractivity contribution is 4.98. The monoisotopic (exact) mass is 299 g/mol. The van der Waals surface area contributed by atoms with Crippen molar-refractivity contribution in [3.8, 4) is 0 Å². The van der Waals surface area contributed by atoms with Gasteiger partial charge in [0.25, 0.3) is 0 Å². The van der Waals surface area contributed by atoms with Gasteiger partial charge in [0.1, 0.15) is 12.2 Å². The van der Waals surface area contributed by atoms with Gasteiger partial charge >= 0.3 is 0 Å². The van der Waals surface area contributed by atoms with E-state index in [0.29, 0.717) is 6.61 Å². The number of azide groups is 1. The van der Waals surface area contributed by atoms with Crippen molar-refractivity contribution in [2.75, 3.05) is 13.2 Å².